The van der Waals surface area contributed by atoms with E-state index in [0.717, 1.165) is 128 Å². The molecule has 0 unspecified atom stereocenters. The zero-order valence-electron chi connectivity index (χ0n) is 80.3. The van der Waals surface area contributed by atoms with Crippen LogP contribution in [0.25, 0.3) is 22.6 Å². The van der Waals surface area contributed by atoms with Crippen LogP contribution in [0.4, 0.5) is 68.8 Å². The normalized spacial score (nSPS) is 22.2. The lowest BCUT2D eigenvalue weighted by atomic mass is 9.89. The van der Waals surface area contributed by atoms with Gasteiger partial charge in [-0.2, -0.15) is 0 Å². The highest BCUT2D eigenvalue weighted by atomic mass is 16.5. The van der Waals surface area contributed by atoms with Crippen LogP contribution in [0, 0.1) is 0 Å². The average molecular weight is 1930 g/mol. The number of rotatable bonds is 30. The van der Waals surface area contributed by atoms with E-state index in [1.807, 2.05) is 49.1 Å². The minimum atomic E-state index is -0.271. The molecule has 8 fully saturated rings. The number of aromatic nitrogens is 16. The maximum Gasteiger partial charge on any atom is 0.274 e. The van der Waals surface area contributed by atoms with E-state index >= 15 is 0 Å². The van der Waals surface area contributed by atoms with Gasteiger partial charge in [-0.3, -0.25) is 38.4 Å². The largest absolute Gasteiger partial charge is 0.385 e. The number of hydrogen-bond donors (Lipinski definition) is 12. The molecule has 8 atom stereocenters. The summed E-state index contributed by atoms with van der Waals surface area (Å²) in [6.45, 7) is 2.60. The lowest BCUT2D eigenvalue weighted by molar-refractivity contribution is 0.00717. The fraction of sp³-hybridized carbons (Fsp3) is 0.500. The minimum absolute atomic E-state index is 0.0241. The molecule has 20 rings (SSSR count). The van der Waals surface area contributed by atoms with E-state index < -0.39 is 0 Å². The summed E-state index contributed by atoms with van der Waals surface area (Å²) in [4.78, 5) is 122. The quantitative estimate of drug-likeness (QED) is 0.0199. The summed E-state index contributed by atoms with van der Waals surface area (Å²) in [6, 6.07) is 21.8. The number of nitrogens with one attached hydrogen (secondary N) is 12. The highest BCUT2D eigenvalue weighted by molar-refractivity contribution is 5.97. The third kappa shape index (κ3) is 21.2. The number of ether oxygens (including phenoxy) is 8. The molecule has 744 valence electrons. The third-order valence-corrected chi connectivity index (χ3v) is 28.1. The number of imidazole rings is 4. The zero-order valence-corrected chi connectivity index (χ0v) is 80.3. The molecular weight excluding hydrogens is 1800 g/mol. The summed E-state index contributed by atoms with van der Waals surface area (Å²) in [7, 11) is 17.2. The zero-order chi connectivity index (χ0) is 97.8. The molecule has 12 aromatic rings. The van der Waals surface area contributed by atoms with Crippen molar-refractivity contribution >= 4 is 115 Å². The van der Waals surface area contributed by atoms with Crippen molar-refractivity contribution < 1.29 is 57.1 Å². The molecule has 14 heterocycles. The third-order valence-electron chi connectivity index (χ3n) is 28.1. The van der Waals surface area contributed by atoms with Gasteiger partial charge in [0.2, 0.25) is 0 Å². The van der Waals surface area contributed by atoms with Crippen LogP contribution in [-0.4, -0.2) is 258 Å². The number of carbonyl (C=O) groups is 4. The summed E-state index contributed by atoms with van der Waals surface area (Å²) in [5.41, 5.74) is 7.23. The van der Waals surface area contributed by atoms with Crippen LogP contribution in [0.5, 0.6) is 0 Å². The van der Waals surface area contributed by atoms with Crippen LogP contribution >= 0.6 is 0 Å². The van der Waals surface area contributed by atoms with Gasteiger partial charge >= 0.3 is 0 Å². The Kier molecular flexibility index (Phi) is 31.2. The molecule has 0 aromatic carbocycles. The molecule has 12 N–H and O–H groups in total. The number of amides is 4. The second-order valence-electron chi connectivity index (χ2n) is 36.1. The molecule has 6 saturated carbocycles. The van der Waals surface area contributed by atoms with Gasteiger partial charge in [0, 0.05) is 170 Å². The Bertz CT molecular complexity index is 6260. The van der Waals surface area contributed by atoms with E-state index in [1.165, 1.54) is 42.8 Å². The van der Waals surface area contributed by atoms with E-state index in [9.17, 15) is 38.4 Å². The molecular formula is C96H124N28O16. The number of pyridine rings is 4. The summed E-state index contributed by atoms with van der Waals surface area (Å²) in [6.07, 6.45) is 31.7. The minimum Gasteiger partial charge on any atom is -0.385 e. The summed E-state index contributed by atoms with van der Waals surface area (Å²) < 4.78 is 56.4. The first-order chi connectivity index (χ1) is 68.2. The van der Waals surface area contributed by atoms with Crippen LogP contribution in [0.2, 0.25) is 0 Å². The van der Waals surface area contributed by atoms with Crippen LogP contribution < -0.4 is 86.0 Å². The molecule has 44 nitrogen and oxygen atoms in total. The first kappa shape index (κ1) is 97.9. The van der Waals surface area contributed by atoms with Crippen molar-refractivity contribution in [1.82, 2.24) is 97.9 Å². The molecule has 2 saturated heterocycles. The van der Waals surface area contributed by atoms with Crippen molar-refractivity contribution in [2.45, 2.75) is 213 Å². The predicted octanol–water partition coefficient (Wildman–Crippen LogP) is 9.30. The number of hydrogen-bond acceptors (Lipinski definition) is 32. The number of methoxy groups -OCH3 is 6. The van der Waals surface area contributed by atoms with Crippen molar-refractivity contribution in [2.75, 3.05) is 140 Å². The van der Waals surface area contributed by atoms with Gasteiger partial charge in [-0.1, -0.05) is 0 Å². The summed E-state index contributed by atoms with van der Waals surface area (Å²) in [5, 5.41) is 55.4. The van der Waals surface area contributed by atoms with Crippen molar-refractivity contribution in [3.05, 3.63) is 187 Å². The Morgan fingerprint density at radius 1 is 0.300 bits per heavy atom. The van der Waals surface area contributed by atoms with Gasteiger partial charge in [0.25, 0.3) is 45.9 Å². The molecule has 0 spiro atoms. The predicted molar refractivity (Wildman–Crippen MR) is 526 cm³/mol. The Hall–Kier alpha value is -13.8. The Morgan fingerprint density at radius 3 is 0.729 bits per heavy atom. The van der Waals surface area contributed by atoms with E-state index in [0.29, 0.717) is 141 Å². The lowest BCUT2D eigenvalue weighted by Gasteiger charge is -2.35. The molecule has 0 radical (unpaired) electrons. The van der Waals surface area contributed by atoms with E-state index in [2.05, 4.69) is 104 Å². The fourth-order valence-corrected chi connectivity index (χ4v) is 19.3. The van der Waals surface area contributed by atoms with Crippen LogP contribution in [0.3, 0.4) is 0 Å². The fourth-order valence-electron chi connectivity index (χ4n) is 19.3. The van der Waals surface area contributed by atoms with Gasteiger partial charge in [0.1, 0.15) is 22.7 Å². The number of fused-ring (bicyclic) bond motifs is 4. The smallest absolute Gasteiger partial charge is 0.274 e. The molecule has 4 amide bonds. The molecule has 2 aliphatic heterocycles. The van der Waals surface area contributed by atoms with Crippen molar-refractivity contribution in [3.63, 3.8) is 0 Å². The van der Waals surface area contributed by atoms with Gasteiger partial charge in [-0.05, 0) is 177 Å². The molecule has 12 aromatic heterocycles. The Balaban J connectivity index is 0.000000129. The summed E-state index contributed by atoms with van der Waals surface area (Å²) in [5.74, 6) is 0.614. The first-order valence-electron chi connectivity index (χ1n) is 48.0. The Labute approximate surface area is 805 Å². The number of carbonyl (C=O) groups excluding carboxylic acids is 4. The SMILES string of the molecule is CNc1cc(Nc2cccn(C3CCC(OC)CC3)c2=O)nn2c(C(=O)N[C@@H]3CC[C@H]3OC)cnc12.CNc1cc(Nc2cccn(C3CCC(OC)CC3)c2=O)nn2c(C(=O)N[C@H]3CC[C@@H]3OC)cnc12.CNc1cc(Nc2cccn(C3CCOCC3)c2=O)nn2c(C(=O)N[C@@H]3CC[C@H]3OC)cnc12.CNc1cc(Nc2cccn(C3CCOCC3)c2=O)nn2c(C(=O)N[C@H]3CC[C@@H]3OC)cnc12. The summed E-state index contributed by atoms with van der Waals surface area (Å²) >= 11 is 0. The lowest BCUT2D eigenvalue weighted by Crippen LogP contribution is -2.51. The van der Waals surface area contributed by atoms with E-state index in [1.54, 1.807) is 138 Å². The second kappa shape index (κ2) is 44.6. The van der Waals surface area contributed by atoms with Gasteiger partial charge < -0.3 is 120 Å². The Morgan fingerprint density at radius 2 is 0.529 bits per heavy atom. The van der Waals surface area contributed by atoms with E-state index in [4.69, 9.17) is 37.9 Å². The van der Waals surface area contributed by atoms with Crippen molar-refractivity contribution in [3.8, 4) is 0 Å². The van der Waals surface area contributed by atoms with Crippen molar-refractivity contribution in [1.29, 1.82) is 0 Å². The molecule has 0 bridgehead atoms. The maximum absolute atomic E-state index is 13.3. The van der Waals surface area contributed by atoms with Crippen LogP contribution in [0.1, 0.15) is 195 Å². The molecule has 140 heavy (non-hydrogen) atoms. The standard InChI is InChI=1S/2C25H33N7O4.2C23H29N7O4/c2*1-26-19-13-22(28-18-5-4-12-31(25(18)34)15-6-8-16(35-2)9-7-15)30-32-20(14-27-23(19)32)24(33)29-17-10-11-21(17)36-3;2*1-24-17-12-20(26-16-4-3-9-29(23(16)32)14-7-10-34-11-8-14)28-30-18(13-25-21(17)30)22(31)27-15-5-6-19(15)33-2/h2*4-5,12-17,21,26H,6-11H2,1-3H3,(H,28,30)(H,29,33);2*3-4,9,12-15,19,24H,5-8,10-11H2,1-2H3,(H,26,28)(H,27,31)/t2*15?,16?,17-,21-;2*15-,19-/m1010/s1. The highest BCUT2D eigenvalue weighted by Crippen LogP contribution is 2.36. The topological polar surface area (TPSA) is 495 Å². The number of nitrogens with zero attached hydrogens (tertiary/aromatic N) is 16. The van der Waals surface area contributed by atoms with Gasteiger partial charge in [-0.25, -0.2) is 38.0 Å². The molecule has 44 heteroatoms. The second-order valence-corrected chi connectivity index (χ2v) is 36.1. The van der Waals surface area contributed by atoms with Crippen LogP contribution in [-0.2, 0) is 37.9 Å². The van der Waals surface area contributed by atoms with Gasteiger partial charge in [0.15, 0.2) is 68.6 Å². The highest BCUT2D eigenvalue weighted by Gasteiger charge is 2.39. The van der Waals surface area contributed by atoms with Gasteiger partial charge in [0.05, 0.1) is 108 Å². The maximum atomic E-state index is 13.3. The van der Waals surface area contributed by atoms with Gasteiger partial charge in [-0.15, -0.1) is 20.4 Å². The van der Waals surface area contributed by atoms with E-state index in [-0.39, 0.29) is 131 Å². The average Bonchev–Trinajstić information content (AvgIpc) is 1.64. The monoisotopic (exact) mass is 1920 g/mol. The van der Waals surface area contributed by atoms with Crippen molar-refractivity contribution in [2.24, 2.45) is 0 Å². The molecule has 6 aliphatic carbocycles. The number of anilines is 12. The molecule has 8 aliphatic rings. The first-order valence-corrected chi connectivity index (χ1v) is 48.0. The van der Waals surface area contributed by atoms with Crippen LogP contribution in [0.15, 0.2) is 142 Å².